The van der Waals surface area contributed by atoms with Gasteiger partial charge in [-0.2, -0.15) is 5.26 Å². The Kier molecular flexibility index (Phi) is 4.15. The number of methoxy groups -OCH3 is 1. The van der Waals surface area contributed by atoms with Gasteiger partial charge in [0.1, 0.15) is 11.8 Å². The lowest BCUT2D eigenvalue weighted by Gasteiger charge is -2.08. The molecule has 84 valence electrons. The van der Waals surface area contributed by atoms with Crippen molar-refractivity contribution in [3.8, 4) is 11.8 Å². The average Bonchev–Trinajstić information content (AvgIpc) is 2.28. The molecular formula is C11H10ClNO3. The third-order valence-electron chi connectivity index (χ3n) is 1.91. The number of nitrogens with zero attached hydrogens (tertiary/aromatic N) is 1. The minimum atomic E-state index is -0.561. The lowest BCUT2D eigenvalue weighted by Crippen LogP contribution is -2.07. The first-order valence-corrected chi connectivity index (χ1v) is 4.96. The second-order valence-corrected chi connectivity index (χ2v) is 3.27. The van der Waals surface area contributed by atoms with Gasteiger partial charge in [0.05, 0.1) is 29.9 Å². The Morgan fingerprint density at radius 1 is 1.56 bits per heavy atom. The molecule has 0 unspecified atom stereocenters. The smallest absolute Gasteiger partial charge is 0.339 e. The molecular weight excluding hydrogens is 230 g/mol. The van der Waals surface area contributed by atoms with E-state index in [2.05, 4.69) is 0 Å². The van der Waals surface area contributed by atoms with Crippen LogP contribution in [0.5, 0.6) is 5.75 Å². The van der Waals surface area contributed by atoms with E-state index in [1.807, 2.05) is 6.07 Å². The maximum Gasteiger partial charge on any atom is 0.339 e. The van der Waals surface area contributed by atoms with E-state index in [0.717, 1.165) is 0 Å². The number of esters is 1. The fourth-order valence-electron chi connectivity index (χ4n) is 1.18. The zero-order valence-corrected chi connectivity index (χ0v) is 9.67. The number of carbonyl (C=O) groups is 1. The average molecular weight is 240 g/mol. The zero-order valence-electron chi connectivity index (χ0n) is 8.91. The highest BCUT2D eigenvalue weighted by molar-refractivity contribution is 6.32. The molecule has 0 aliphatic rings. The SMILES string of the molecule is CCOC(=O)c1cc(OC)c(Cl)cc1C#N. The summed E-state index contributed by atoms with van der Waals surface area (Å²) in [7, 11) is 1.43. The molecule has 0 aliphatic heterocycles. The van der Waals surface area contributed by atoms with Crippen molar-refractivity contribution < 1.29 is 14.3 Å². The van der Waals surface area contributed by atoms with Gasteiger partial charge in [-0.3, -0.25) is 0 Å². The van der Waals surface area contributed by atoms with Crippen LogP contribution in [-0.2, 0) is 4.74 Å². The zero-order chi connectivity index (χ0) is 12.1. The third-order valence-corrected chi connectivity index (χ3v) is 2.20. The molecule has 0 saturated carbocycles. The number of benzene rings is 1. The first-order chi connectivity index (χ1) is 7.63. The van der Waals surface area contributed by atoms with Gasteiger partial charge in [-0.25, -0.2) is 4.79 Å². The van der Waals surface area contributed by atoms with Crippen LogP contribution in [0.25, 0.3) is 0 Å². The Hall–Kier alpha value is -1.73. The highest BCUT2D eigenvalue weighted by Gasteiger charge is 2.16. The number of halogens is 1. The van der Waals surface area contributed by atoms with Crippen molar-refractivity contribution >= 4 is 17.6 Å². The van der Waals surface area contributed by atoms with E-state index in [9.17, 15) is 4.79 Å². The van der Waals surface area contributed by atoms with Crippen LogP contribution in [0, 0.1) is 11.3 Å². The second-order valence-electron chi connectivity index (χ2n) is 2.86. The summed E-state index contributed by atoms with van der Waals surface area (Å²) in [5.74, 6) is -0.224. The minimum absolute atomic E-state index is 0.158. The quantitative estimate of drug-likeness (QED) is 0.760. The van der Waals surface area contributed by atoms with Crippen molar-refractivity contribution in [1.82, 2.24) is 0 Å². The van der Waals surface area contributed by atoms with Crippen LogP contribution >= 0.6 is 11.6 Å². The lowest BCUT2D eigenvalue weighted by molar-refractivity contribution is 0.0525. The van der Waals surface area contributed by atoms with E-state index < -0.39 is 5.97 Å². The van der Waals surface area contributed by atoms with E-state index in [-0.39, 0.29) is 22.8 Å². The number of nitriles is 1. The van der Waals surface area contributed by atoms with E-state index >= 15 is 0 Å². The van der Waals surface area contributed by atoms with Crippen molar-refractivity contribution in [2.75, 3.05) is 13.7 Å². The van der Waals surface area contributed by atoms with Crippen molar-refractivity contribution in [3.63, 3.8) is 0 Å². The Bertz CT molecular complexity index is 451. The van der Waals surface area contributed by atoms with Crippen LogP contribution in [0.15, 0.2) is 12.1 Å². The molecule has 0 fully saturated rings. The number of rotatable bonds is 3. The van der Waals surface area contributed by atoms with Gasteiger partial charge < -0.3 is 9.47 Å². The fraction of sp³-hybridized carbons (Fsp3) is 0.273. The Morgan fingerprint density at radius 3 is 2.75 bits per heavy atom. The van der Waals surface area contributed by atoms with Gasteiger partial charge in [0.25, 0.3) is 0 Å². The molecule has 1 aromatic rings. The Labute approximate surface area is 98.3 Å². The van der Waals surface area contributed by atoms with Gasteiger partial charge in [0.2, 0.25) is 0 Å². The highest BCUT2D eigenvalue weighted by atomic mass is 35.5. The molecule has 0 heterocycles. The van der Waals surface area contributed by atoms with E-state index in [1.54, 1.807) is 6.92 Å². The number of carbonyl (C=O) groups excluding carboxylic acids is 1. The van der Waals surface area contributed by atoms with Gasteiger partial charge in [0.15, 0.2) is 0 Å². The molecule has 4 nitrogen and oxygen atoms in total. The van der Waals surface area contributed by atoms with Crippen LogP contribution in [-0.4, -0.2) is 19.7 Å². The summed E-state index contributed by atoms with van der Waals surface area (Å²) < 4.78 is 9.79. The normalized spacial score (nSPS) is 9.38. The monoisotopic (exact) mass is 239 g/mol. The van der Waals surface area contributed by atoms with Gasteiger partial charge in [-0.15, -0.1) is 0 Å². The first kappa shape index (κ1) is 12.3. The number of hydrogen-bond donors (Lipinski definition) is 0. The van der Waals surface area contributed by atoms with E-state index in [0.29, 0.717) is 5.75 Å². The maximum absolute atomic E-state index is 11.5. The second kappa shape index (κ2) is 5.38. The third kappa shape index (κ3) is 2.44. The molecule has 0 aliphatic carbocycles. The molecule has 16 heavy (non-hydrogen) atoms. The van der Waals surface area contributed by atoms with E-state index in [4.69, 9.17) is 26.3 Å². The molecule has 0 bridgehead atoms. The first-order valence-electron chi connectivity index (χ1n) is 4.58. The van der Waals surface area contributed by atoms with Gasteiger partial charge >= 0.3 is 5.97 Å². The molecule has 5 heteroatoms. The van der Waals surface area contributed by atoms with Crippen molar-refractivity contribution in [3.05, 3.63) is 28.3 Å². The molecule has 0 saturated heterocycles. The molecule has 0 radical (unpaired) electrons. The molecule has 0 N–H and O–H groups in total. The molecule has 1 aromatic carbocycles. The predicted molar refractivity (Wildman–Crippen MR) is 58.7 cm³/mol. The van der Waals surface area contributed by atoms with Gasteiger partial charge in [-0.05, 0) is 19.1 Å². The van der Waals surface area contributed by atoms with Crippen LogP contribution in [0.2, 0.25) is 5.02 Å². The van der Waals surface area contributed by atoms with Crippen LogP contribution in [0.1, 0.15) is 22.8 Å². The largest absolute Gasteiger partial charge is 0.495 e. The number of hydrogen-bond acceptors (Lipinski definition) is 4. The maximum atomic E-state index is 11.5. The predicted octanol–water partition coefficient (Wildman–Crippen LogP) is 2.40. The summed E-state index contributed by atoms with van der Waals surface area (Å²) in [6, 6.07) is 4.67. The topological polar surface area (TPSA) is 59.3 Å². The van der Waals surface area contributed by atoms with Crippen LogP contribution in [0.4, 0.5) is 0 Å². The summed E-state index contributed by atoms with van der Waals surface area (Å²) in [6.45, 7) is 1.94. The molecule has 0 atom stereocenters. The van der Waals surface area contributed by atoms with Gasteiger partial charge in [-0.1, -0.05) is 11.6 Å². The summed E-state index contributed by atoms with van der Waals surface area (Å²) >= 11 is 5.83. The van der Waals surface area contributed by atoms with Crippen LogP contribution < -0.4 is 4.74 Å². The van der Waals surface area contributed by atoms with Crippen molar-refractivity contribution in [2.45, 2.75) is 6.92 Å². The summed E-state index contributed by atoms with van der Waals surface area (Å²) in [4.78, 5) is 11.5. The number of ether oxygens (including phenoxy) is 2. The van der Waals surface area contributed by atoms with Crippen molar-refractivity contribution in [2.24, 2.45) is 0 Å². The van der Waals surface area contributed by atoms with Crippen LogP contribution in [0.3, 0.4) is 0 Å². The van der Waals surface area contributed by atoms with Crippen molar-refractivity contribution in [1.29, 1.82) is 5.26 Å². The molecule has 1 rings (SSSR count). The molecule has 0 amide bonds. The minimum Gasteiger partial charge on any atom is -0.495 e. The summed E-state index contributed by atoms with van der Waals surface area (Å²) in [5.41, 5.74) is 0.329. The fourth-order valence-corrected chi connectivity index (χ4v) is 1.42. The summed E-state index contributed by atoms with van der Waals surface area (Å²) in [5, 5.41) is 9.15. The molecule has 0 aromatic heterocycles. The lowest BCUT2D eigenvalue weighted by atomic mass is 10.1. The highest BCUT2D eigenvalue weighted by Crippen LogP contribution is 2.28. The Balaban J connectivity index is 3.26. The Morgan fingerprint density at radius 2 is 2.25 bits per heavy atom. The van der Waals surface area contributed by atoms with E-state index in [1.165, 1.54) is 19.2 Å². The summed E-state index contributed by atoms with van der Waals surface area (Å²) in [6.07, 6.45) is 0. The van der Waals surface area contributed by atoms with Gasteiger partial charge in [0, 0.05) is 0 Å². The molecule has 0 spiro atoms. The standard InChI is InChI=1S/C11H10ClNO3/c1-3-16-11(14)8-5-10(15-2)9(12)4-7(8)6-13/h4-5H,3H2,1-2H3.